The number of hydrogen-bond donors (Lipinski definition) is 2. The van der Waals surface area contributed by atoms with Crippen LogP contribution in [0.1, 0.15) is 13.3 Å². The fourth-order valence-corrected chi connectivity index (χ4v) is 3.61. The van der Waals surface area contributed by atoms with Crippen molar-refractivity contribution in [2.45, 2.75) is 24.1 Å². The lowest BCUT2D eigenvalue weighted by molar-refractivity contribution is 0.413. The lowest BCUT2D eigenvalue weighted by Gasteiger charge is -2.30. The molecule has 1 aromatic rings. The van der Waals surface area contributed by atoms with E-state index in [0.29, 0.717) is 23.2 Å². The molecule has 18 heavy (non-hydrogen) atoms. The second-order valence-electron chi connectivity index (χ2n) is 4.78. The van der Waals surface area contributed by atoms with Crippen molar-refractivity contribution >= 4 is 17.4 Å². The maximum absolute atomic E-state index is 13.8. The first kappa shape index (κ1) is 13.5. The molecule has 1 heterocycles. The van der Waals surface area contributed by atoms with Crippen LogP contribution in [-0.4, -0.2) is 30.2 Å². The van der Waals surface area contributed by atoms with E-state index >= 15 is 0 Å². The van der Waals surface area contributed by atoms with Gasteiger partial charge in [0, 0.05) is 23.6 Å². The molecule has 2 rings (SSSR count). The smallest absolute Gasteiger partial charge is 0.146 e. The van der Waals surface area contributed by atoms with Crippen molar-refractivity contribution in [2.75, 3.05) is 24.7 Å². The van der Waals surface area contributed by atoms with Gasteiger partial charge in [0.15, 0.2) is 0 Å². The summed E-state index contributed by atoms with van der Waals surface area (Å²) in [5.74, 6) is 1.28. The predicted octanol–water partition coefficient (Wildman–Crippen LogP) is 2.47. The Morgan fingerprint density at radius 3 is 2.94 bits per heavy atom. The van der Waals surface area contributed by atoms with Gasteiger partial charge in [0.05, 0.1) is 18.3 Å². The molecule has 1 aromatic carbocycles. The van der Waals surface area contributed by atoms with E-state index in [0.717, 1.165) is 12.2 Å². The number of thioether (sulfide) groups is 1. The standard InChI is InChI=1S/C13H19FN2OS/c1-9-6-13(7-15,8-18-9)16-12-5-10(17-2)3-4-11(12)14/h3-5,9,16H,6-8,15H2,1-2H3. The fourth-order valence-electron chi connectivity index (χ4n) is 2.26. The zero-order valence-corrected chi connectivity index (χ0v) is 11.5. The van der Waals surface area contributed by atoms with Crippen LogP contribution in [0.4, 0.5) is 10.1 Å². The Hall–Kier alpha value is -0.940. The minimum Gasteiger partial charge on any atom is -0.497 e. The number of nitrogens with one attached hydrogen (secondary N) is 1. The number of benzene rings is 1. The van der Waals surface area contributed by atoms with Crippen LogP contribution in [0.25, 0.3) is 0 Å². The van der Waals surface area contributed by atoms with Crippen LogP contribution in [0.2, 0.25) is 0 Å². The monoisotopic (exact) mass is 270 g/mol. The predicted molar refractivity (Wildman–Crippen MR) is 74.9 cm³/mol. The summed E-state index contributed by atoms with van der Waals surface area (Å²) >= 11 is 1.87. The molecule has 0 aromatic heterocycles. The lowest BCUT2D eigenvalue weighted by atomic mass is 9.96. The maximum atomic E-state index is 13.8. The zero-order valence-electron chi connectivity index (χ0n) is 10.7. The van der Waals surface area contributed by atoms with Crippen molar-refractivity contribution in [2.24, 2.45) is 5.73 Å². The van der Waals surface area contributed by atoms with Gasteiger partial charge in [-0.25, -0.2) is 4.39 Å². The van der Waals surface area contributed by atoms with Gasteiger partial charge in [-0.3, -0.25) is 0 Å². The molecule has 0 amide bonds. The zero-order chi connectivity index (χ0) is 13.2. The molecular weight excluding hydrogens is 251 g/mol. The van der Waals surface area contributed by atoms with Crippen molar-refractivity contribution in [3.8, 4) is 5.75 Å². The molecule has 3 N–H and O–H groups in total. The van der Waals surface area contributed by atoms with Crippen LogP contribution in [0.15, 0.2) is 18.2 Å². The molecule has 2 unspecified atom stereocenters. The summed E-state index contributed by atoms with van der Waals surface area (Å²) in [6.07, 6.45) is 0.949. The Kier molecular flexibility index (Phi) is 4.02. The van der Waals surface area contributed by atoms with E-state index in [4.69, 9.17) is 10.5 Å². The number of rotatable bonds is 4. The average Bonchev–Trinajstić information content (AvgIpc) is 2.74. The van der Waals surface area contributed by atoms with Crippen LogP contribution in [0.3, 0.4) is 0 Å². The Balaban J connectivity index is 2.22. The molecule has 0 spiro atoms. The van der Waals surface area contributed by atoms with Crippen molar-refractivity contribution in [3.63, 3.8) is 0 Å². The minimum atomic E-state index is -0.270. The summed E-state index contributed by atoms with van der Waals surface area (Å²) in [5.41, 5.74) is 6.13. The molecule has 3 nitrogen and oxygen atoms in total. The lowest BCUT2D eigenvalue weighted by Crippen LogP contribution is -2.46. The highest BCUT2D eigenvalue weighted by molar-refractivity contribution is 8.00. The molecule has 1 fully saturated rings. The van der Waals surface area contributed by atoms with Crippen LogP contribution in [0, 0.1) is 5.82 Å². The highest BCUT2D eigenvalue weighted by atomic mass is 32.2. The van der Waals surface area contributed by atoms with E-state index in [1.54, 1.807) is 19.2 Å². The fraction of sp³-hybridized carbons (Fsp3) is 0.538. The van der Waals surface area contributed by atoms with Crippen molar-refractivity contribution in [1.29, 1.82) is 0 Å². The van der Waals surface area contributed by atoms with Gasteiger partial charge < -0.3 is 15.8 Å². The number of nitrogens with two attached hydrogens (primary N) is 1. The van der Waals surface area contributed by atoms with Crippen molar-refractivity contribution in [1.82, 2.24) is 0 Å². The number of ether oxygens (including phenoxy) is 1. The van der Waals surface area contributed by atoms with Gasteiger partial charge >= 0.3 is 0 Å². The number of anilines is 1. The molecule has 0 bridgehead atoms. The molecule has 2 atom stereocenters. The van der Waals surface area contributed by atoms with E-state index < -0.39 is 0 Å². The summed E-state index contributed by atoms with van der Waals surface area (Å²) in [7, 11) is 1.57. The Morgan fingerprint density at radius 1 is 1.61 bits per heavy atom. The summed E-state index contributed by atoms with van der Waals surface area (Å²) in [4.78, 5) is 0. The third-order valence-corrected chi connectivity index (χ3v) is 4.74. The first-order valence-corrected chi connectivity index (χ1v) is 7.07. The summed E-state index contributed by atoms with van der Waals surface area (Å²) in [6.45, 7) is 2.67. The Morgan fingerprint density at radius 2 is 2.39 bits per heavy atom. The molecule has 0 saturated carbocycles. The van der Waals surface area contributed by atoms with Gasteiger partial charge in [-0.15, -0.1) is 0 Å². The van der Waals surface area contributed by atoms with E-state index in [2.05, 4.69) is 12.2 Å². The first-order chi connectivity index (χ1) is 8.58. The maximum Gasteiger partial charge on any atom is 0.146 e. The quantitative estimate of drug-likeness (QED) is 0.882. The Bertz CT molecular complexity index is 429. The number of halogens is 1. The van der Waals surface area contributed by atoms with Crippen molar-refractivity contribution in [3.05, 3.63) is 24.0 Å². The Labute approximate surface area is 111 Å². The molecule has 1 aliphatic heterocycles. The van der Waals surface area contributed by atoms with Crippen LogP contribution < -0.4 is 15.8 Å². The molecule has 5 heteroatoms. The third kappa shape index (κ3) is 2.72. The van der Waals surface area contributed by atoms with Gasteiger partial charge in [0.1, 0.15) is 11.6 Å². The van der Waals surface area contributed by atoms with Crippen LogP contribution in [0.5, 0.6) is 5.75 Å². The van der Waals surface area contributed by atoms with E-state index in [1.165, 1.54) is 6.07 Å². The first-order valence-electron chi connectivity index (χ1n) is 6.02. The molecule has 1 saturated heterocycles. The second kappa shape index (κ2) is 5.36. The van der Waals surface area contributed by atoms with Gasteiger partial charge in [-0.2, -0.15) is 11.8 Å². The highest BCUT2D eigenvalue weighted by Gasteiger charge is 2.37. The molecule has 0 radical (unpaired) electrons. The van der Waals surface area contributed by atoms with Gasteiger partial charge in [-0.05, 0) is 18.6 Å². The van der Waals surface area contributed by atoms with Gasteiger partial charge in [0.25, 0.3) is 0 Å². The van der Waals surface area contributed by atoms with Crippen LogP contribution in [-0.2, 0) is 0 Å². The number of methoxy groups -OCH3 is 1. The third-order valence-electron chi connectivity index (χ3n) is 3.29. The van der Waals surface area contributed by atoms with Gasteiger partial charge in [0.2, 0.25) is 0 Å². The molecular formula is C13H19FN2OS. The SMILES string of the molecule is COc1ccc(F)c(NC2(CN)CSC(C)C2)c1. The van der Waals surface area contributed by atoms with Crippen LogP contribution >= 0.6 is 11.8 Å². The van der Waals surface area contributed by atoms with E-state index in [1.807, 2.05) is 11.8 Å². The second-order valence-corrected chi connectivity index (χ2v) is 6.21. The van der Waals surface area contributed by atoms with Crippen molar-refractivity contribution < 1.29 is 9.13 Å². The highest BCUT2D eigenvalue weighted by Crippen LogP contribution is 2.37. The molecule has 1 aliphatic rings. The largest absolute Gasteiger partial charge is 0.497 e. The topological polar surface area (TPSA) is 47.3 Å². The van der Waals surface area contributed by atoms with Gasteiger partial charge in [-0.1, -0.05) is 6.92 Å². The minimum absolute atomic E-state index is 0.211. The summed E-state index contributed by atoms with van der Waals surface area (Å²) < 4.78 is 18.9. The molecule has 0 aliphatic carbocycles. The summed E-state index contributed by atoms with van der Waals surface area (Å²) in [5, 5.41) is 3.83. The normalized spacial score (nSPS) is 27.2. The number of hydrogen-bond acceptors (Lipinski definition) is 4. The summed E-state index contributed by atoms with van der Waals surface area (Å²) in [6, 6.07) is 4.71. The average molecular weight is 270 g/mol. The van der Waals surface area contributed by atoms with E-state index in [9.17, 15) is 4.39 Å². The molecule has 100 valence electrons. The van der Waals surface area contributed by atoms with E-state index in [-0.39, 0.29) is 11.4 Å².